The number of carbonyl (C=O) groups is 1. The normalized spacial score (nSPS) is 10.0. The summed E-state index contributed by atoms with van der Waals surface area (Å²) < 4.78 is 12.7. The molecule has 2 nitrogen and oxygen atoms in total. The highest BCUT2D eigenvalue weighted by Gasteiger charge is 2.05. The molecule has 86 valence electrons. The van der Waals surface area contributed by atoms with Crippen molar-refractivity contribution < 1.29 is 9.18 Å². The molecule has 4 heteroatoms. The van der Waals surface area contributed by atoms with E-state index in [1.54, 1.807) is 24.3 Å². The van der Waals surface area contributed by atoms with Gasteiger partial charge in [-0.1, -0.05) is 0 Å². The first-order valence-electron chi connectivity index (χ1n) is 5.01. The van der Waals surface area contributed by atoms with Gasteiger partial charge in [-0.05, 0) is 48.5 Å². The fourth-order valence-corrected chi connectivity index (χ4v) is 1.50. The van der Waals surface area contributed by atoms with Crippen LogP contribution < -0.4 is 5.32 Å². The number of thiol groups is 1. The second kappa shape index (κ2) is 5.01. The van der Waals surface area contributed by atoms with Gasteiger partial charge >= 0.3 is 0 Å². The van der Waals surface area contributed by atoms with E-state index in [4.69, 9.17) is 0 Å². The average Bonchev–Trinajstić information content (AvgIpc) is 2.33. The molecule has 0 aliphatic rings. The van der Waals surface area contributed by atoms with Crippen LogP contribution in [0, 0.1) is 5.82 Å². The average molecular weight is 247 g/mol. The third-order valence-corrected chi connectivity index (χ3v) is 2.53. The lowest BCUT2D eigenvalue weighted by Gasteiger charge is -2.05. The summed E-state index contributed by atoms with van der Waals surface area (Å²) in [4.78, 5) is 12.6. The number of hydrogen-bond donors (Lipinski definition) is 2. The lowest BCUT2D eigenvalue weighted by Crippen LogP contribution is -2.11. The van der Waals surface area contributed by atoms with E-state index in [1.807, 2.05) is 0 Å². The minimum absolute atomic E-state index is 0.232. The summed E-state index contributed by atoms with van der Waals surface area (Å²) in [7, 11) is 0. The van der Waals surface area contributed by atoms with Gasteiger partial charge in [0.15, 0.2) is 0 Å². The predicted octanol–water partition coefficient (Wildman–Crippen LogP) is 3.37. The standard InChI is InChI=1S/C13H10FNOS/c14-10-3-5-11(6-4-10)15-13(16)9-1-7-12(17)8-2-9/h1-8,17H,(H,15,16). The maximum Gasteiger partial charge on any atom is 0.255 e. The van der Waals surface area contributed by atoms with Crippen LogP contribution in [-0.4, -0.2) is 5.91 Å². The van der Waals surface area contributed by atoms with Crippen molar-refractivity contribution in [3.63, 3.8) is 0 Å². The largest absolute Gasteiger partial charge is 0.322 e. The zero-order chi connectivity index (χ0) is 12.3. The van der Waals surface area contributed by atoms with Gasteiger partial charge in [-0.15, -0.1) is 12.6 Å². The number of rotatable bonds is 2. The van der Waals surface area contributed by atoms with Crippen LogP contribution in [0.2, 0.25) is 0 Å². The first kappa shape index (κ1) is 11.7. The first-order valence-corrected chi connectivity index (χ1v) is 5.46. The van der Waals surface area contributed by atoms with Gasteiger partial charge in [0, 0.05) is 16.1 Å². The fourth-order valence-electron chi connectivity index (χ4n) is 1.35. The summed E-state index contributed by atoms with van der Waals surface area (Å²) in [6.45, 7) is 0. The Morgan fingerprint density at radius 1 is 1.00 bits per heavy atom. The second-order valence-electron chi connectivity index (χ2n) is 3.51. The van der Waals surface area contributed by atoms with E-state index in [2.05, 4.69) is 17.9 Å². The quantitative estimate of drug-likeness (QED) is 0.783. The van der Waals surface area contributed by atoms with E-state index in [0.29, 0.717) is 11.3 Å². The van der Waals surface area contributed by atoms with Crippen molar-refractivity contribution in [2.75, 3.05) is 5.32 Å². The van der Waals surface area contributed by atoms with Crippen LogP contribution in [-0.2, 0) is 0 Å². The molecular weight excluding hydrogens is 237 g/mol. The maximum absolute atomic E-state index is 12.7. The molecule has 0 unspecified atom stereocenters. The van der Waals surface area contributed by atoms with Gasteiger partial charge in [-0.2, -0.15) is 0 Å². The van der Waals surface area contributed by atoms with Crippen LogP contribution in [0.3, 0.4) is 0 Å². The Kier molecular flexibility index (Phi) is 3.44. The monoisotopic (exact) mass is 247 g/mol. The minimum atomic E-state index is -0.331. The highest BCUT2D eigenvalue weighted by atomic mass is 32.1. The zero-order valence-corrected chi connectivity index (χ0v) is 9.75. The van der Waals surface area contributed by atoms with Crippen molar-refractivity contribution in [2.24, 2.45) is 0 Å². The zero-order valence-electron chi connectivity index (χ0n) is 8.85. The minimum Gasteiger partial charge on any atom is -0.322 e. The third kappa shape index (κ3) is 3.07. The molecule has 0 aromatic heterocycles. The topological polar surface area (TPSA) is 29.1 Å². The lowest BCUT2D eigenvalue weighted by atomic mass is 10.2. The Bertz CT molecular complexity index is 522. The third-order valence-electron chi connectivity index (χ3n) is 2.23. The number of nitrogens with one attached hydrogen (secondary N) is 1. The van der Waals surface area contributed by atoms with Gasteiger partial charge in [0.05, 0.1) is 0 Å². The van der Waals surface area contributed by atoms with E-state index >= 15 is 0 Å². The van der Waals surface area contributed by atoms with Crippen molar-refractivity contribution in [1.82, 2.24) is 0 Å². The molecule has 0 radical (unpaired) electrons. The Morgan fingerprint density at radius 3 is 2.18 bits per heavy atom. The van der Waals surface area contributed by atoms with Gasteiger partial charge in [-0.25, -0.2) is 4.39 Å². The molecule has 0 heterocycles. The molecule has 0 atom stereocenters. The number of benzene rings is 2. The molecule has 0 fully saturated rings. The maximum atomic E-state index is 12.7. The number of anilines is 1. The summed E-state index contributed by atoms with van der Waals surface area (Å²) in [5.74, 6) is -0.563. The fraction of sp³-hybridized carbons (Fsp3) is 0. The van der Waals surface area contributed by atoms with Crippen LogP contribution in [0.4, 0.5) is 10.1 Å². The van der Waals surface area contributed by atoms with Crippen LogP contribution in [0.15, 0.2) is 53.4 Å². The lowest BCUT2D eigenvalue weighted by molar-refractivity contribution is 0.102. The van der Waals surface area contributed by atoms with Crippen molar-refractivity contribution in [2.45, 2.75) is 4.90 Å². The Labute approximate surface area is 104 Å². The molecule has 0 saturated heterocycles. The highest BCUT2D eigenvalue weighted by molar-refractivity contribution is 7.80. The van der Waals surface area contributed by atoms with Crippen molar-refractivity contribution in [3.05, 3.63) is 59.9 Å². The van der Waals surface area contributed by atoms with Crippen LogP contribution in [0.5, 0.6) is 0 Å². The molecule has 0 spiro atoms. The Balaban J connectivity index is 2.11. The van der Waals surface area contributed by atoms with E-state index in [-0.39, 0.29) is 11.7 Å². The van der Waals surface area contributed by atoms with E-state index < -0.39 is 0 Å². The van der Waals surface area contributed by atoms with Gasteiger partial charge in [0.1, 0.15) is 5.82 Å². The number of amides is 1. The van der Waals surface area contributed by atoms with Crippen molar-refractivity contribution in [3.8, 4) is 0 Å². The van der Waals surface area contributed by atoms with Gasteiger partial charge < -0.3 is 5.32 Å². The molecule has 0 aliphatic carbocycles. The van der Waals surface area contributed by atoms with E-state index in [1.165, 1.54) is 24.3 Å². The summed E-state index contributed by atoms with van der Waals surface area (Å²) >= 11 is 4.14. The predicted molar refractivity (Wildman–Crippen MR) is 68.0 cm³/mol. The van der Waals surface area contributed by atoms with Crippen molar-refractivity contribution >= 4 is 24.2 Å². The molecule has 2 rings (SSSR count). The molecule has 2 aromatic rings. The van der Waals surface area contributed by atoms with Gasteiger partial charge in [0.25, 0.3) is 5.91 Å². The Hall–Kier alpha value is -1.81. The summed E-state index contributed by atoms with van der Waals surface area (Å²) in [5.41, 5.74) is 1.10. The SMILES string of the molecule is O=C(Nc1ccc(F)cc1)c1ccc(S)cc1. The van der Waals surface area contributed by atoms with Gasteiger partial charge in [0.2, 0.25) is 0 Å². The summed E-state index contributed by atoms with van der Waals surface area (Å²) in [6.07, 6.45) is 0. The first-order chi connectivity index (χ1) is 8.15. The van der Waals surface area contributed by atoms with Gasteiger partial charge in [-0.3, -0.25) is 4.79 Å². The number of halogens is 1. The highest BCUT2D eigenvalue weighted by Crippen LogP contribution is 2.12. The van der Waals surface area contributed by atoms with E-state index in [9.17, 15) is 9.18 Å². The van der Waals surface area contributed by atoms with Crippen molar-refractivity contribution in [1.29, 1.82) is 0 Å². The van der Waals surface area contributed by atoms with Crippen LogP contribution in [0.25, 0.3) is 0 Å². The summed E-state index contributed by atoms with van der Waals surface area (Å²) in [5, 5.41) is 2.67. The van der Waals surface area contributed by atoms with E-state index in [0.717, 1.165) is 4.90 Å². The molecule has 2 aromatic carbocycles. The summed E-state index contributed by atoms with van der Waals surface area (Å²) in [6, 6.07) is 12.5. The molecule has 1 amide bonds. The molecule has 1 N–H and O–H groups in total. The molecule has 17 heavy (non-hydrogen) atoms. The molecule has 0 saturated carbocycles. The van der Waals surface area contributed by atoms with Crippen LogP contribution in [0.1, 0.15) is 10.4 Å². The number of hydrogen-bond acceptors (Lipinski definition) is 2. The molecular formula is C13H10FNOS. The van der Waals surface area contributed by atoms with Crippen LogP contribution >= 0.6 is 12.6 Å². The molecule has 0 bridgehead atoms. The number of carbonyl (C=O) groups excluding carboxylic acids is 1. The Morgan fingerprint density at radius 2 is 1.59 bits per heavy atom. The molecule has 0 aliphatic heterocycles. The smallest absolute Gasteiger partial charge is 0.255 e. The second-order valence-corrected chi connectivity index (χ2v) is 4.02.